The van der Waals surface area contributed by atoms with E-state index in [0.29, 0.717) is 44.0 Å². The van der Waals surface area contributed by atoms with Crippen molar-refractivity contribution in [2.75, 3.05) is 20.7 Å². The maximum atomic E-state index is 9.22. The minimum atomic E-state index is -0.134. The molecule has 0 spiro atoms. The molecular weight excluding hydrogens is 338 g/mol. The van der Waals surface area contributed by atoms with E-state index < -0.39 is 0 Å². The van der Waals surface area contributed by atoms with Gasteiger partial charge in [0.05, 0.1) is 25.2 Å². The smallest absolute Gasteiger partial charge is 0.161 e. The van der Waals surface area contributed by atoms with Crippen LogP contribution in [0.15, 0.2) is 48.5 Å². The Morgan fingerprint density at radius 3 is 2.48 bits per heavy atom. The second-order valence-corrected chi connectivity index (χ2v) is 6.48. The summed E-state index contributed by atoms with van der Waals surface area (Å²) in [4.78, 5) is 2.09. The summed E-state index contributed by atoms with van der Waals surface area (Å²) in [5.74, 6) is 1.26. The minimum absolute atomic E-state index is 0.134. The number of ether oxygens (including phenoxy) is 2. The first-order valence-electron chi connectivity index (χ1n) is 8.95. The molecule has 0 aliphatic carbocycles. The van der Waals surface area contributed by atoms with E-state index in [4.69, 9.17) is 14.7 Å². The zero-order chi connectivity index (χ0) is 19.5. The third kappa shape index (κ3) is 6.66. The van der Waals surface area contributed by atoms with Gasteiger partial charge in [-0.2, -0.15) is 10.5 Å². The van der Waals surface area contributed by atoms with Gasteiger partial charge < -0.3 is 14.4 Å². The largest absolute Gasteiger partial charge is 0.493 e. The van der Waals surface area contributed by atoms with Gasteiger partial charge in [0.1, 0.15) is 6.61 Å². The molecule has 0 aliphatic heterocycles. The normalized spacial score (nSPS) is 11.4. The highest BCUT2D eigenvalue weighted by Gasteiger charge is 2.12. The highest BCUT2D eigenvalue weighted by Crippen LogP contribution is 2.29. The Bertz CT molecular complexity index is 793. The van der Waals surface area contributed by atoms with Crippen LogP contribution in [-0.2, 0) is 13.2 Å². The van der Waals surface area contributed by atoms with Gasteiger partial charge in [-0.3, -0.25) is 0 Å². The van der Waals surface area contributed by atoms with Crippen LogP contribution >= 0.6 is 0 Å². The lowest BCUT2D eigenvalue weighted by Gasteiger charge is -2.20. The summed E-state index contributed by atoms with van der Waals surface area (Å²) >= 11 is 0. The maximum absolute atomic E-state index is 9.22. The third-order valence-corrected chi connectivity index (χ3v) is 4.24. The van der Waals surface area contributed by atoms with E-state index in [0.717, 1.165) is 11.1 Å². The molecule has 0 bridgehead atoms. The van der Waals surface area contributed by atoms with E-state index in [1.54, 1.807) is 7.11 Å². The minimum Gasteiger partial charge on any atom is -0.493 e. The summed E-state index contributed by atoms with van der Waals surface area (Å²) < 4.78 is 11.4. The number of nitriles is 2. The molecule has 0 heterocycles. The number of rotatable bonds is 10. The lowest BCUT2D eigenvalue weighted by atomic mass is 10.0. The van der Waals surface area contributed by atoms with Crippen molar-refractivity contribution < 1.29 is 9.47 Å². The molecule has 1 atom stereocenters. The molecule has 0 amide bonds. The molecule has 5 heteroatoms. The van der Waals surface area contributed by atoms with Gasteiger partial charge >= 0.3 is 0 Å². The standard InChI is InChI=1S/C22H25N3O2/c1-25(16-20(14-24)9-6-12-23)15-19-10-11-21(22(13-19)26-2)27-17-18-7-4-3-5-8-18/h3-5,7-8,10-11,13,20H,6,9,15-17H2,1-2H3/t20-/m1/s1. The molecule has 0 saturated heterocycles. The summed E-state index contributed by atoms with van der Waals surface area (Å²) in [7, 11) is 3.61. The van der Waals surface area contributed by atoms with E-state index in [1.807, 2.05) is 55.6 Å². The monoisotopic (exact) mass is 363 g/mol. The topological polar surface area (TPSA) is 69.3 Å². The van der Waals surface area contributed by atoms with Crippen molar-refractivity contribution in [2.24, 2.45) is 5.92 Å². The molecule has 27 heavy (non-hydrogen) atoms. The number of hydrogen-bond acceptors (Lipinski definition) is 5. The first kappa shape index (κ1) is 20.3. The lowest BCUT2D eigenvalue weighted by molar-refractivity contribution is 0.279. The van der Waals surface area contributed by atoms with Gasteiger partial charge in [-0.25, -0.2) is 0 Å². The Morgan fingerprint density at radius 1 is 1.04 bits per heavy atom. The molecule has 0 aromatic heterocycles. The number of nitrogens with zero attached hydrogens (tertiary/aromatic N) is 3. The van der Waals surface area contributed by atoms with Gasteiger partial charge in [-0.15, -0.1) is 0 Å². The molecule has 0 saturated carbocycles. The molecule has 0 aliphatic rings. The van der Waals surface area contributed by atoms with E-state index >= 15 is 0 Å². The zero-order valence-corrected chi connectivity index (χ0v) is 15.9. The van der Waals surface area contributed by atoms with Gasteiger partial charge in [-0.05, 0) is 36.7 Å². The summed E-state index contributed by atoms with van der Waals surface area (Å²) in [6.45, 7) is 1.81. The second-order valence-electron chi connectivity index (χ2n) is 6.48. The summed E-state index contributed by atoms with van der Waals surface area (Å²) in [6, 6.07) is 20.3. The van der Waals surface area contributed by atoms with Crippen molar-refractivity contribution in [3.05, 3.63) is 59.7 Å². The maximum Gasteiger partial charge on any atom is 0.161 e. The van der Waals surface area contributed by atoms with Crippen molar-refractivity contribution >= 4 is 0 Å². The fraction of sp³-hybridized carbons (Fsp3) is 0.364. The Hall–Kier alpha value is -3.02. The van der Waals surface area contributed by atoms with Crippen LogP contribution in [0.4, 0.5) is 0 Å². The average Bonchev–Trinajstić information content (AvgIpc) is 2.70. The van der Waals surface area contributed by atoms with Crippen molar-refractivity contribution in [3.8, 4) is 23.6 Å². The zero-order valence-electron chi connectivity index (χ0n) is 15.9. The molecule has 2 aromatic rings. The van der Waals surface area contributed by atoms with Crippen molar-refractivity contribution in [1.29, 1.82) is 10.5 Å². The summed E-state index contributed by atoms with van der Waals surface area (Å²) in [5, 5.41) is 17.9. The van der Waals surface area contributed by atoms with E-state index in [9.17, 15) is 5.26 Å². The van der Waals surface area contributed by atoms with Crippen LogP contribution in [0.3, 0.4) is 0 Å². The SMILES string of the molecule is COc1cc(CN(C)C[C@@H](C#N)CCC#N)ccc1OCc1ccccc1. The van der Waals surface area contributed by atoms with E-state index in [2.05, 4.69) is 17.0 Å². The molecule has 0 fully saturated rings. The molecule has 0 N–H and O–H groups in total. The van der Waals surface area contributed by atoms with Crippen LogP contribution in [0.25, 0.3) is 0 Å². The predicted molar refractivity (Wildman–Crippen MR) is 104 cm³/mol. The average molecular weight is 363 g/mol. The lowest BCUT2D eigenvalue weighted by Crippen LogP contribution is -2.24. The van der Waals surface area contributed by atoms with Crippen LogP contribution in [-0.4, -0.2) is 25.6 Å². The van der Waals surface area contributed by atoms with Crippen LogP contribution in [0.1, 0.15) is 24.0 Å². The van der Waals surface area contributed by atoms with Crippen molar-refractivity contribution in [3.63, 3.8) is 0 Å². The Labute approximate surface area is 161 Å². The Kier molecular flexibility index (Phi) is 8.16. The van der Waals surface area contributed by atoms with Crippen LogP contribution in [0, 0.1) is 28.6 Å². The first-order valence-corrected chi connectivity index (χ1v) is 8.95. The molecule has 0 unspecified atom stereocenters. The van der Waals surface area contributed by atoms with Crippen LogP contribution < -0.4 is 9.47 Å². The fourth-order valence-electron chi connectivity index (χ4n) is 2.85. The number of benzene rings is 2. The Morgan fingerprint density at radius 2 is 1.81 bits per heavy atom. The third-order valence-electron chi connectivity index (χ3n) is 4.24. The second kappa shape index (κ2) is 10.9. The van der Waals surface area contributed by atoms with Gasteiger partial charge in [-0.1, -0.05) is 36.4 Å². The van der Waals surface area contributed by atoms with Crippen molar-refractivity contribution in [2.45, 2.75) is 26.0 Å². The van der Waals surface area contributed by atoms with Gasteiger partial charge in [0.15, 0.2) is 11.5 Å². The number of methoxy groups -OCH3 is 1. The summed E-state index contributed by atoms with van der Waals surface area (Å²) in [6.07, 6.45) is 1.01. The number of hydrogen-bond donors (Lipinski definition) is 0. The highest BCUT2D eigenvalue weighted by atomic mass is 16.5. The first-order chi connectivity index (χ1) is 13.2. The molecule has 2 rings (SSSR count). The van der Waals surface area contributed by atoms with Gasteiger partial charge in [0, 0.05) is 19.5 Å². The molecule has 0 radical (unpaired) electrons. The summed E-state index contributed by atoms with van der Waals surface area (Å²) in [5.41, 5.74) is 2.18. The molecule has 140 valence electrons. The van der Waals surface area contributed by atoms with Gasteiger partial charge in [0.2, 0.25) is 0 Å². The predicted octanol–water partition coefficient (Wildman–Crippen LogP) is 4.15. The molecule has 5 nitrogen and oxygen atoms in total. The molecular formula is C22H25N3O2. The Balaban J connectivity index is 1.96. The highest BCUT2D eigenvalue weighted by molar-refractivity contribution is 5.43. The van der Waals surface area contributed by atoms with Gasteiger partial charge in [0.25, 0.3) is 0 Å². The van der Waals surface area contributed by atoms with Crippen molar-refractivity contribution in [1.82, 2.24) is 4.90 Å². The van der Waals surface area contributed by atoms with E-state index in [1.165, 1.54) is 0 Å². The quantitative estimate of drug-likeness (QED) is 0.634. The fourth-order valence-corrected chi connectivity index (χ4v) is 2.85. The van der Waals surface area contributed by atoms with Crippen LogP contribution in [0.5, 0.6) is 11.5 Å². The van der Waals surface area contributed by atoms with E-state index in [-0.39, 0.29) is 5.92 Å². The van der Waals surface area contributed by atoms with Crippen LogP contribution in [0.2, 0.25) is 0 Å². The molecule has 2 aromatic carbocycles.